The van der Waals surface area contributed by atoms with E-state index in [9.17, 15) is 13.6 Å². The van der Waals surface area contributed by atoms with Gasteiger partial charge in [0.2, 0.25) is 5.91 Å². The molecule has 2 aromatic rings. The molecule has 4 rings (SSSR count). The van der Waals surface area contributed by atoms with Crippen LogP contribution in [0.1, 0.15) is 30.7 Å². The SMILES string of the molecule is C=CC(=O)N1CCC(Nc2cnc3[nH]cc(C4CC4(F)F)c3n2)CC1. The van der Waals surface area contributed by atoms with Crippen molar-refractivity contribution in [3.8, 4) is 0 Å². The minimum atomic E-state index is -2.63. The zero-order valence-electron chi connectivity index (χ0n) is 13.6. The number of rotatable bonds is 4. The number of fused-ring (bicyclic) bond motifs is 1. The lowest BCUT2D eigenvalue weighted by atomic mass is 10.1. The van der Waals surface area contributed by atoms with Crippen molar-refractivity contribution in [2.24, 2.45) is 0 Å². The van der Waals surface area contributed by atoms with Crippen molar-refractivity contribution in [1.82, 2.24) is 19.9 Å². The van der Waals surface area contributed by atoms with E-state index in [4.69, 9.17) is 0 Å². The van der Waals surface area contributed by atoms with E-state index >= 15 is 0 Å². The summed E-state index contributed by atoms with van der Waals surface area (Å²) in [5.74, 6) is -2.88. The molecule has 6 nitrogen and oxygen atoms in total. The summed E-state index contributed by atoms with van der Waals surface area (Å²) in [6.07, 6.45) is 5.97. The number of aromatic nitrogens is 3. The van der Waals surface area contributed by atoms with Crippen LogP contribution in [0.4, 0.5) is 14.6 Å². The maximum Gasteiger partial charge on any atom is 0.256 e. The van der Waals surface area contributed by atoms with E-state index < -0.39 is 11.8 Å². The number of carbonyl (C=O) groups is 1. The van der Waals surface area contributed by atoms with Crippen molar-refractivity contribution in [3.05, 3.63) is 30.6 Å². The van der Waals surface area contributed by atoms with Crippen LogP contribution in [0.3, 0.4) is 0 Å². The first-order valence-corrected chi connectivity index (χ1v) is 8.37. The fraction of sp³-hybridized carbons (Fsp3) is 0.471. The Bertz CT molecular complexity index is 826. The Labute approximate surface area is 143 Å². The predicted molar refractivity (Wildman–Crippen MR) is 89.6 cm³/mol. The maximum atomic E-state index is 13.4. The van der Waals surface area contributed by atoms with Crippen molar-refractivity contribution >= 4 is 22.9 Å². The number of nitrogens with zero attached hydrogens (tertiary/aromatic N) is 3. The van der Waals surface area contributed by atoms with E-state index in [1.807, 2.05) is 0 Å². The van der Waals surface area contributed by atoms with Crippen LogP contribution in [0, 0.1) is 0 Å². The monoisotopic (exact) mass is 347 g/mol. The Morgan fingerprint density at radius 3 is 2.80 bits per heavy atom. The van der Waals surface area contributed by atoms with Crippen molar-refractivity contribution in [1.29, 1.82) is 0 Å². The van der Waals surface area contributed by atoms with Gasteiger partial charge in [0, 0.05) is 37.3 Å². The molecule has 2 aliphatic rings. The van der Waals surface area contributed by atoms with Gasteiger partial charge in [-0.3, -0.25) is 4.79 Å². The molecule has 8 heteroatoms. The number of nitrogens with one attached hydrogen (secondary N) is 2. The van der Waals surface area contributed by atoms with Gasteiger partial charge in [0.15, 0.2) is 5.65 Å². The Kier molecular flexibility index (Phi) is 3.70. The van der Waals surface area contributed by atoms with Gasteiger partial charge in [-0.25, -0.2) is 18.7 Å². The number of amides is 1. The minimum Gasteiger partial charge on any atom is -0.366 e. The smallest absolute Gasteiger partial charge is 0.256 e. The molecule has 2 aromatic heterocycles. The van der Waals surface area contributed by atoms with Gasteiger partial charge in [-0.2, -0.15) is 0 Å². The molecule has 1 saturated carbocycles. The summed E-state index contributed by atoms with van der Waals surface area (Å²) in [6, 6.07) is 0.172. The third-order valence-electron chi connectivity index (χ3n) is 4.94. The standard InChI is InChI=1S/C17H19F2N5O/c1-2-14(25)24-5-3-10(4-6-24)22-13-9-21-16-15(23-13)11(8-20-16)12-7-17(12,18)19/h2,8-10,12H,1,3-7H2,(H,20,21)(H,22,23). The number of anilines is 1. The number of carbonyl (C=O) groups excluding carboxylic acids is 1. The molecule has 0 spiro atoms. The van der Waals surface area contributed by atoms with Crippen LogP contribution in [0.2, 0.25) is 0 Å². The highest BCUT2D eigenvalue weighted by molar-refractivity contribution is 5.87. The molecule has 1 saturated heterocycles. The number of alkyl halides is 2. The lowest BCUT2D eigenvalue weighted by Crippen LogP contribution is -2.41. The molecular weight excluding hydrogens is 328 g/mol. The first-order chi connectivity index (χ1) is 12.0. The summed E-state index contributed by atoms with van der Waals surface area (Å²) in [5.41, 5.74) is 1.56. The molecule has 0 aromatic carbocycles. The van der Waals surface area contributed by atoms with E-state index in [0.29, 0.717) is 35.6 Å². The van der Waals surface area contributed by atoms with Gasteiger partial charge in [-0.1, -0.05) is 6.58 Å². The van der Waals surface area contributed by atoms with Crippen LogP contribution >= 0.6 is 0 Å². The third-order valence-corrected chi connectivity index (χ3v) is 4.94. The second-order valence-corrected chi connectivity index (χ2v) is 6.66. The second-order valence-electron chi connectivity index (χ2n) is 6.66. The summed E-state index contributed by atoms with van der Waals surface area (Å²) in [4.78, 5) is 25.1. The summed E-state index contributed by atoms with van der Waals surface area (Å²) >= 11 is 0. The van der Waals surface area contributed by atoms with Gasteiger partial charge < -0.3 is 15.2 Å². The molecule has 1 atom stereocenters. The van der Waals surface area contributed by atoms with Gasteiger partial charge in [-0.05, 0) is 18.9 Å². The van der Waals surface area contributed by atoms with Crippen molar-refractivity contribution < 1.29 is 13.6 Å². The average molecular weight is 347 g/mol. The largest absolute Gasteiger partial charge is 0.366 e. The molecule has 1 unspecified atom stereocenters. The lowest BCUT2D eigenvalue weighted by Gasteiger charge is -2.31. The summed E-state index contributed by atoms with van der Waals surface area (Å²) in [7, 11) is 0. The topological polar surface area (TPSA) is 73.9 Å². The predicted octanol–water partition coefficient (Wildman–Crippen LogP) is 2.67. The molecule has 1 aliphatic carbocycles. The van der Waals surface area contributed by atoms with Crippen molar-refractivity contribution in [2.45, 2.75) is 37.1 Å². The van der Waals surface area contributed by atoms with Crippen LogP contribution in [0.15, 0.2) is 25.0 Å². The van der Waals surface area contributed by atoms with Gasteiger partial charge in [0.1, 0.15) is 11.3 Å². The van der Waals surface area contributed by atoms with E-state index in [1.54, 1.807) is 17.3 Å². The summed E-state index contributed by atoms with van der Waals surface area (Å²) in [6.45, 7) is 4.81. The highest BCUT2D eigenvalue weighted by Gasteiger charge is 2.58. The maximum absolute atomic E-state index is 13.4. The number of halogens is 2. The minimum absolute atomic E-state index is 0.0537. The molecule has 0 bridgehead atoms. The zero-order valence-corrected chi connectivity index (χ0v) is 13.6. The number of aromatic amines is 1. The molecule has 132 valence electrons. The normalized spacial score (nSPS) is 22.8. The van der Waals surface area contributed by atoms with Crippen LogP contribution in [-0.2, 0) is 4.79 Å². The number of hydrogen-bond donors (Lipinski definition) is 2. The van der Waals surface area contributed by atoms with Gasteiger partial charge in [0.25, 0.3) is 5.92 Å². The molecule has 1 amide bonds. The van der Waals surface area contributed by atoms with Crippen molar-refractivity contribution in [2.75, 3.05) is 18.4 Å². The van der Waals surface area contributed by atoms with Gasteiger partial charge in [0.05, 0.1) is 12.1 Å². The molecule has 2 fully saturated rings. The third kappa shape index (κ3) is 2.96. The van der Waals surface area contributed by atoms with Crippen LogP contribution in [0.25, 0.3) is 11.2 Å². The second kappa shape index (κ2) is 5.79. The Morgan fingerprint density at radius 1 is 1.44 bits per heavy atom. The van der Waals surface area contributed by atoms with Crippen molar-refractivity contribution in [3.63, 3.8) is 0 Å². The quantitative estimate of drug-likeness (QED) is 0.834. The fourth-order valence-corrected chi connectivity index (χ4v) is 3.38. The number of hydrogen-bond acceptors (Lipinski definition) is 4. The van der Waals surface area contributed by atoms with E-state index in [2.05, 4.69) is 26.8 Å². The van der Waals surface area contributed by atoms with E-state index in [-0.39, 0.29) is 18.4 Å². The van der Waals surface area contributed by atoms with Gasteiger partial charge >= 0.3 is 0 Å². The molecule has 25 heavy (non-hydrogen) atoms. The zero-order chi connectivity index (χ0) is 17.6. The van der Waals surface area contributed by atoms with Gasteiger partial charge in [-0.15, -0.1) is 0 Å². The summed E-state index contributed by atoms with van der Waals surface area (Å²) < 4.78 is 26.8. The first-order valence-electron chi connectivity index (χ1n) is 8.37. The lowest BCUT2D eigenvalue weighted by molar-refractivity contribution is -0.126. The van der Waals surface area contributed by atoms with Crippen LogP contribution in [0.5, 0.6) is 0 Å². The number of piperidine rings is 1. The Hall–Kier alpha value is -2.51. The fourth-order valence-electron chi connectivity index (χ4n) is 3.38. The molecule has 3 heterocycles. The number of likely N-dealkylation sites (tertiary alicyclic amines) is 1. The highest BCUT2D eigenvalue weighted by atomic mass is 19.3. The Morgan fingerprint density at radius 2 is 2.16 bits per heavy atom. The first kappa shape index (κ1) is 16.0. The van der Waals surface area contributed by atoms with E-state index in [1.165, 1.54) is 6.08 Å². The number of H-pyrrole nitrogens is 1. The Balaban J connectivity index is 1.47. The molecule has 1 aliphatic heterocycles. The average Bonchev–Trinajstić information content (AvgIpc) is 3.05. The molecular formula is C17H19F2N5O. The molecule has 2 N–H and O–H groups in total. The van der Waals surface area contributed by atoms with Crippen LogP contribution in [-0.4, -0.2) is 50.8 Å². The highest BCUT2D eigenvalue weighted by Crippen LogP contribution is 2.56. The van der Waals surface area contributed by atoms with E-state index in [0.717, 1.165) is 12.8 Å². The molecule has 0 radical (unpaired) electrons. The van der Waals surface area contributed by atoms with Crippen LogP contribution < -0.4 is 5.32 Å². The summed E-state index contributed by atoms with van der Waals surface area (Å²) in [5, 5.41) is 3.31.